The van der Waals surface area contributed by atoms with Crippen molar-refractivity contribution >= 4 is 17.0 Å². The van der Waals surface area contributed by atoms with E-state index in [1.807, 2.05) is 0 Å². The second-order valence-electron chi connectivity index (χ2n) is 5.43. The lowest BCUT2D eigenvalue weighted by atomic mass is 9.99. The van der Waals surface area contributed by atoms with Crippen LogP contribution in [0.3, 0.4) is 0 Å². The molecule has 1 fully saturated rings. The first-order valence-corrected chi connectivity index (χ1v) is 7.67. The molecule has 1 aromatic heterocycles. The number of nitrogens with one attached hydrogen (secondary N) is 1. The molecule has 0 amide bonds. The van der Waals surface area contributed by atoms with E-state index in [1.165, 1.54) is 18.5 Å². The van der Waals surface area contributed by atoms with Gasteiger partial charge in [-0.3, -0.25) is 0 Å². The van der Waals surface area contributed by atoms with Crippen LogP contribution < -0.4 is 10.2 Å². The fourth-order valence-electron chi connectivity index (χ4n) is 2.69. The van der Waals surface area contributed by atoms with Gasteiger partial charge in [0.1, 0.15) is 0 Å². The molecule has 1 N–H and O–H groups in total. The quantitative estimate of drug-likeness (QED) is 0.884. The van der Waals surface area contributed by atoms with Crippen molar-refractivity contribution in [3.63, 3.8) is 0 Å². The van der Waals surface area contributed by atoms with E-state index in [9.17, 15) is 0 Å². The van der Waals surface area contributed by atoms with Crippen LogP contribution in [-0.2, 0) is 0 Å². The molecule has 1 aromatic rings. The molecule has 0 radical (unpaired) electrons. The fraction of sp³-hybridized carbons (Fsp3) is 0.714. The van der Waals surface area contributed by atoms with Crippen LogP contribution in [0.25, 0.3) is 0 Å². The highest BCUT2D eigenvalue weighted by molar-refractivity contribution is 7.08. The van der Waals surface area contributed by atoms with Gasteiger partial charge in [-0.2, -0.15) is 11.3 Å². The highest BCUT2D eigenvalue weighted by Crippen LogP contribution is 2.25. The molecule has 17 heavy (non-hydrogen) atoms. The van der Waals surface area contributed by atoms with E-state index < -0.39 is 0 Å². The number of piperazine rings is 1. The third-order valence-corrected chi connectivity index (χ3v) is 4.24. The number of thiophene rings is 1. The van der Waals surface area contributed by atoms with Crippen LogP contribution >= 0.6 is 11.3 Å². The molecule has 2 nitrogen and oxygen atoms in total. The van der Waals surface area contributed by atoms with Gasteiger partial charge in [-0.25, -0.2) is 0 Å². The molecule has 0 spiro atoms. The van der Waals surface area contributed by atoms with Crippen molar-refractivity contribution in [3.8, 4) is 0 Å². The molecule has 0 bridgehead atoms. The van der Waals surface area contributed by atoms with Gasteiger partial charge >= 0.3 is 0 Å². The lowest BCUT2D eigenvalue weighted by molar-refractivity contribution is 0.343. The summed E-state index contributed by atoms with van der Waals surface area (Å²) >= 11 is 1.80. The van der Waals surface area contributed by atoms with E-state index in [0.717, 1.165) is 19.0 Å². The maximum atomic E-state index is 3.71. The SMILES string of the molecule is CCC1CNC(CC(C)C)CN1c1ccsc1. The lowest BCUT2D eigenvalue weighted by Gasteiger charge is -2.41. The Kier molecular flexibility index (Phi) is 4.46. The molecule has 2 unspecified atom stereocenters. The van der Waals surface area contributed by atoms with E-state index in [2.05, 4.69) is 47.8 Å². The zero-order valence-electron chi connectivity index (χ0n) is 11.1. The lowest BCUT2D eigenvalue weighted by Crippen LogP contribution is -2.56. The Morgan fingerprint density at radius 2 is 2.35 bits per heavy atom. The molecule has 3 heteroatoms. The van der Waals surface area contributed by atoms with Crippen LogP contribution in [0, 0.1) is 5.92 Å². The van der Waals surface area contributed by atoms with Gasteiger partial charge in [0, 0.05) is 36.2 Å². The van der Waals surface area contributed by atoms with Crippen molar-refractivity contribution in [2.24, 2.45) is 5.92 Å². The van der Waals surface area contributed by atoms with E-state index >= 15 is 0 Å². The van der Waals surface area contributed by atoms with Gasteiger partial charge in [-0.1, -0.05) is 20.8 Å². The highest BCUT2D eigenvalue weighted by Gasteiger charge is 2.27. The Hall–Kier alpha value is -0.540. The van der Waals surface area contributed by atoms with Crippen molar-refractivity contribution in [2.45, 2.75) is 45.7 Å². The van der Waals surface area contributed by atoms with Crippen LogP contribution in [0.2, 0.25) is 0 Å². The van der Waals surface area contributed by atoms with E-state index in [1.54, 1.807) is 11.3 Å². The minimum absolute atomic E-state index is 0.651. The van der Waals surface area contributed by atoms with Crippen LogP contribution in [0.1, 0.15) is 33.6 Å². The minimum Gasteiger partial charge on any atom is -0.365 e. The fourth-order valence-corrected chi connectivity index (χ4v) is 3.34. The minimum atomic E-state index is 0.651. The molecule has 1 aliphatic rings. The first kappa shape index (κ1) is 12.9. The van der Waals surface area contributed by atoms with Gasteiger partial charge in [0.2, 0.25) is 0 Å². The Morgan fingerprint density at radius 1 is 1.53 bits per heavy atom. The van der Waals surface area contributed by atoms with Crippen molar-refractivity contribution in [2.75, 3.05) is 18.0 Å². The highest BCUT2D eigenvalue weighted by atomic mass is 32.1. The third kappa shape index (κ3) is 3.23. The molecule has 1 aliphatic heterocycles. The second kappa shape index (κ2) is 5.87. The molecule has 96 valence electrons. The average Bonchev–Trinajstić information content (AvgIpc) is 2.81. The third-order valence-electron chi connectivity index (χ3n) is 3.56. The predicted octanol–water partition coefficient (Wildman–Crippen LogP) is 3.35. The topological polar surface area (TPSA) is 15.3 Å². The van der Waals surface area contributed by atoms with Gasteiger partial charge in [0.05, 0.1) is 0 Å². The standard InChI is InChI=1S/C14H24N2S/c1-4-13-8-15-12(7-11(2)3)9-16(13)14-5-6-17-10-14/h5-6,10-13,15H,4,7-9H2,1-3H3. The summed E-state index contributed by atoms with van der Waals surface area (Å²) in [5.41, 5.74) is 1.41. The molecule has 2 rings (SSSR count). The number of nitrogens with zero attached hydrogens (tertiary/aromatic N) is 1. The maximum absolute atomic E-state index is 3.71. The molecule has 0 aliphatic carbocycles. The Morgan fingerprint density at radius 3 is 2.94 bits per heavy atom. The smallest absolute Gasteiger partial charge is 0.0478 e. The second-order valence-corrected chi connectivity index (χ2v) is 6.21. The Labute approximate surface area is 109 Å². The van der Waals surface area contributed by atoms with Crippen LogP contribution in [0.4, 0.5) is 5.69 Å². The maximum Gasteiger partial charge on any atom is 0.0478 e. The summed E-state index contributed by atoms with van der Waals surface area (Å²) in [6.07, 6.45) is 2.49. The normalized spacial score (nSPS) is 25.5. The number of hydrogen-bond acceptors (Lipinski definition) is 3. The Bertz CT molecular complexity index is 321. The monoisotopic (exact) mass is 252 g/mol. The summed E-state index contributed by atoms with van der Waals surface area (Å²) in [5, 5.41) is 8.17. The number of anilines is 1. The summed E-state index contributed by atoms with van der Waals surface area (Å²) in [7, 11) is 0. The van der Waals surface area contributed by atoms with Gasteiger partial charge in [0.15, 0.2) is 0 Å². The number of rotatable bonds is 4. The number of hydrogen-bond donors (Lipinski definition) is 1. The molecule has 0 saturated carbocycles. The summed E-state index contributed by atoms with van der Waals surface area (Å²) in [6.45, 7) is 9.19. The van der Waals surface area contributed by atoms with E-state index in [4.69, 9.17) is 0 Å². The van der Waals surface area contributed by atoms with Gasteiger partial charge in [-0.15, -0.1) is 0 Å². The molecular formula is C14H24N2S. The van der Waals surface area contributed by atoms with E-state index in [-0.39, 0.29) is 0 Å². The molecule has 2 heterocycles. The largest absolute Gasteiger partial charge is 0.365 e. The van der Waals surface area contributed by atoms with Crippen LogP contribution in [-0.4, -0.2) is 25.2 Å². The van der Waals surface area contributed by atoms with Gasteiger partial charge in [0.25, 0.3) is 0 Å². The van der Waals surface area contributed by atoms with Crippen LogP contribution in [0.5, 0.6) is 0 Å². The zero-order chi connectivity index (χ0) is 12.3. The summed E-state index contributed by atoms with van der Waals surface area (Å²) < 4.78 is 0. The van der Waals surface area contributed by atoms with Gasteiger partial charge in [-0.05, 0) is 30.2 Å². The average molecular weight is 252 g/mol. The first-order chi connectivity index (χ1) is 8.20. The van der Waals surface area contributed by atoms with Crippen molar-refractivity contribution in [3.05, 3.63) is 16.8 Å². The molecule has 0 aromatic carbocycles. The molecule has 1 saturated heterocycles. The zero-order valence-corrected chi connectivity index (χ0v) is 12.0. The summed E-state index contributed by atoms with van der Waals surface area (Å²) in [5.74, 6) is 0.773. The first-order valence-electron chi connectivity index (χ1n) is 6.73. The summed E-state index contributed by atoms with van der Waals surface area (Å²) in [4.78, 5) is 2.60. The predicted molar refractivity (Wildman–Crippen MR) is 77.0 cm³/mol. The molecule has 2 atom stereocenters. The van der Waals surface area contributed by atoms with Gasteiger partial charge < -0.3 is 10.2 Å². The van der Waals surface area contributed by atoms with Crippen LogP contribution in [0.15, 0.2) is 16.8 Å². The molecular weight excluding hydrogens is 228 g/mol. The van der Waals surface area contributed by atoms with E-state index in [0.29, 0.717) is 12.1 Å². The van der Waals surface area contributed by atoms with Crippen molar-refractivity contribution < 1.29 is 0 Å². The van der Waals surface area contributed by atoms with Crippen molar-refractivity contribution in [1.82, 2.24) is 5.32 Å². The Balaban J connectivity index is 2.04. The summed E-state index contributed by atoms with van der Waals surface area (Å²) in [6, 6.07) is 3.57. The van der Waals surface area contributed by atoms with Crippen molar-refractivity contribution in [1.29, 1.82) is 0 Å².